The van der Waals surface area contributed by atoms with E-state index in [0.29, 0.717) is 0 Å². The van der Waals surface area contributed by atoms with Gasteiger partial charge >= 0.3 is 12.0 Å². The van der Waals surface area contributed by atoms with Gasteiger partial charge in [-0.1, -0.05) is 0 Å². The highest BCUT2D eigenvalue weighted by atomic mass is 16.4. The average molecular weight is 283 g/mol. The van der Waals surface area contributed by atoms with Gasteiger partial charge in [0.15, 0.2) is 0 Å². The molecular weight excluding hydrogens is 258 g/mol. The van der Waals surface area contributed by atoms with E-state index in [1.807, 2.05) is 7.05 Å². The molecule has 1 aliphatic carbocycles. The Labute approximate surface area is 120 Å². The maximum absolute atomic E-state index is 12.3. The lowest BCUT2D eigenvalue weighted by atomic mass is 9.96. The first-order valence-electron chi connectivity index (χ1n) is 7.31. The molecule has 6 heteroatoms. The standard InChI is InChI=1S/C14H25N3O3/c1-14(12(18)19,10-6-7-10)15-13(20)17(3)11-5-4-8-16(2)9-11/h10-11H,4-9H2,1-3H3,(H,15,20)(H,18,19). The summed E-state index contributed by atoms with van der Waals surface area (Å²) in [6, 6.07) is -0.118. The number of carboxylic acid groups (broad SMARTS) is 1. The minimum atomic E-state index is -1.13. The van der Waals surface area contributed by atoms with Crippen molar-refractivity contribution in [1.29, 1.82) is 0 Å². The molecule has 2 amide bonds. The van der Waals surface area contributed by atoms with Crippen LogP contribution in [0.5, 0.6) is 0 Å². The Morgan fingerprint density at radius 1 is 1.35 bits per heavy atom. The van der Waals surface area contributed by atoms with E-state index in [1.54, 1.807) is 18.9 Å². The van der Waals surface area contributed by atoms with Gasteiger partial charge in [0.05, 0.1) is 0 Å². The smallest absolute Gasteiger partial charge is 0.329 e. The molecule has 1 aliphatic heterocycles. The molecule has 0 aromatic carbocycles. The lowest BCUT2D eigenvalue weighted by Gasteiger charge is -2.37. The van der Waals surface area contributed by atoms with Gasteiger partial charge < -0.3 is 20.2 Å². The topological polar surface area (TPSA) is 72.9 Å². The molecular formula is C14H25N3O3. The lowest BCUT2D eigenvalue weighted by molar-refractivity contribution is -0.144. The van der Waals surface area contributed by atoms with E-state index in [4.69, 9.17) is 0 Å². The zero-order valence-electron chi connectivity index (χ0n) is 12.6. The Morgan fingerprint density at radius 3 is 2.50 bits per heavy atom. The number of aliphatic carboxylic acids is 1. The van der Waals surface area contributed by atoms with Gasteiger partial charge in [-0.3, -0.25) is 0 Å². The van der Waals surface area contributed by atoms with E-state index < -0.39 is 11.5 Å². The fourth-order valence-corrected chi connectivity index (χ4v) is 2.92. The van der Waals surface area contributed by atoms with Gasteiger partial charge in [0, 0.05) is 19.6 Å². The first kappa shape index (κ1) is 15.1. The van der Waals surface area contributed by atoms with E-state index in [0.717, 1.165) is 38.8 Å². The van der Waals surface area contributed by atoms with Crippen LogP contribution in [0.3, 0.4) is 0 Å². The summed E-state index contributed by atoms with van der Waals surface area (Å²) in [5, 5.41) is 12.1. The molecule has 0 bridgehead atoms. The third kappa shape index (κ3) is 3.06. The Morgan fingerprint density at radius 2 is 2.00 bits per heavy atom. The summed E-state index contributed by atoms with van der Waals surface area (Å²) in [6.07, 6.45) is 3.79. The van der Waals surface area contributed by atoms with Gasteiger partial charge in [0.25, 0.3) is 0 Å². The molecule has 2 fully saturated rings. The van der Waals surface area contributed by atoms with Crippen LogP contribution in [0.1, 0.15) is 32.6 Å². The SMILES string of the molecule is CN1CCCC(N(C)C(=O)NC(C)(C(=O)O)C2CC2)C1. The van der Waals surface area contributed by atoms with Crippen molar-refractivity contribution < 1.29 is 14.7 Å². The van der Waals surface area contributed by atoms with Crippen LogP contribution in [0, 0.1) is 5.92 Å². The Kier molecular flexibility index (Phi) is 4.22. The molecule has 2 unspecified atom stereocenters. The third-order valence-corrected chi connectivity index (χ3v) is 4.67. The molecule has 1 saturated heterocycles. The summed E-state index contributed by atoms with van der Waals surface area (Å²) in [4.78, 5) is 27.7. The molecule has 0 aromatic rings. The van der Waals surface area contributed by atoms with Gasteiger partial charge in [-0.25, -0.2) is 9.59 Å². The second kappa shape index (κ2) is 5.60. The number of hydrogen-bond acceptors (Lipinski definition) is 3. The molecule has 6 nitrogen and oxygen atoms in total. The normalized spacial score (nSPS) is 26.6. The molecule has 2 N–H and O–H groups in total. The molecule has 2 aliphatic rings. The van der Waals surface area contributed by atoms with Gasteiger partial charge in [0.2, 0.25) is 0 Å². The Bertz CT molecular complexity index is 397. The number of likely N-dealkylation sites (N-methyl/N-ethyl adjacent to an activating group) is 2. The molecule has 2 atom stereocenters. The summed E-state index contributed by atoms with van der Waals surface area (Å²) in [5.74, 6) is -0.881. The van der Waals surface area contributed by atoms with Gasteiger partial charge in [-0.05, 0) is 52.1 Å². The minimum Gasteiger partial charge on any atom is -0.480 e. The van der Waals surface area contributed by atoms with Gasteiger partial charge in [0.1, 0.15) is 5.54 Å². The highest BCUT2D eigenvalue weighted by molar-refractivity contribution is 5.86. The van der Waals surface area contributed by atoms with E-state index in [9.17, 15) is 14.7 Å². The van der Waals surface area contributed by atoms with Crippen LogP contribution in [0.2, 0.25) is 0 Å². The summed E-state index contributed by atoms with van der Waals surface area (Å²) < 4.78 is 0. The second-order valence-electron chi connectivity index (χ2n) is 6.38. The predicted molar refractivity (Wildman–Crippen MR) is 75.6 cm³/mol. The second-order valence-corrected chi connectivity index (χ2v) is 6.38. The van der Waals surface area contributed by atoms with Gasteiger partial charge in [-0.2, -0.15) is 0 Å². The highest BCUT2D eigenvalue weighted by Crippen LogP contribution is 2.39. The van der Waals surface area contributed by atoms with Crippen LogP contribution in [0.4, 0.5) is 4.79 Å². The van der Waals surface area contributed by atoms with Crippen LogP contribution in [0.15, 0.2) is 0 Å². The van der Waals surface area contributed by atoms with E-state index in [-0.39, 0.29) is 18.0 Å². The van der Waals surface area contributed by atoms with Gasteiger partial charge in [-0.15, -0.1) is 0 Å². The summed E-state index contributed by atoms with van der Waals surface area (Å²) >= 11 is 0. The van der Waals surface area contributed by atoms with Crippen molar-refractivity contribution >= 4 is 12.0 Å². The third-order valence-electron chi connectivity index (χ3n) is 4.67. The van der Waals surface area contributed by atoms with Crippen molar-refractivity contribution in [3.05, 3.63) is 0 Å². The Balaban J connectivity index is 1.97. The number of nitrogens with zero attached hydrogens (tertiary/aromatic N) is 2. The minimum absolute atomic E-state index is 0.0615. The molecule has 114 valence electrons. The highest BCUT2D eigenvalue weighted by Gasteiger charge is 2.49. The molecule has 20 heavy (non-hydrogen) atoms. The number of hydrogen-bond donors (Lipinski definition) is 2. The van der Waals surface area contributed by atoms with Crippen LogP contribution >= 0.6 is 0 Å². The number of carbonyl (C=O) groups excluding carboxylic acids is 1. The quantitative estimate of drug-likeness (QED) is 0.806. The Hall–Kier alpha value is -1.30. The van der Waals surface area contributed by atoms with Crippen molar-refractivity contribution in [2.24, 2.45) is 5.92 Å². The van der Waals surface area contributed by atoms with Crippen LogP contribution < -0.4 is 5.32 Å². The zero-order chi connectivity index (χ0) is 14.9. The average Bonchev–Trinajstić information content (AvgIpc) is 3.21. The largest absolute Gasteiger partial charge is 0.480 e. The number of piperidine rings is 1. The number of amides is 2. The van der Waals surface area contributed by atoms with Crippen LogP contribution in [-0.4, -0.2) is 65.7 Å². The maximum Gasteiger partial charge on any atom is 0.329 e. The first-order valence-corrected chi connectivity index (χ1v) is 7.31. The first-order chi connectivity index (χ1) is 9.34. The number of rotatable bonds is 4. The van der Waals surface area contributed by atoms with Crippen molar-refractivity contribution in [1.82, 2.24) is 15.1 Å². The van der Waals surface area contributed by atoms with E-state index in [2.05, 4.69) is 10.2 Å². The number of nitrogens with one attached hydrogen (secondary N) is 1. The van der Waals surface area contributed by atoms with Crippen molar-refractivity contribution in [2.45, 2.75) is 44.2 Å². The lowest BCUT2D eigenvalue weighted by Crippen LogP contribution is -2.59. The van der Waals surface area contributed by atoms with Crippen LogP contribution in [0.25, 0.3) is 0 Å². The number of likely N-dealkylation sites (tertiary alicyclic amines) is 1. The summed E-state index contributed by atoms with van der Waals surface area (Å²) in [7, 11) is 3.80. The predicted octanol–water partition coefficient (Wildman–Crippen LogP) is 0.975. The summed E-state index contributed by atoms with van der Waals surface area (Å²) in [5.41, 5.74) is -1.13. The number of carbonyl (C=O) groups is 2. The number of urea groups is 1. The molecule has 2 rings (SSSR count). The van der Waals surface area contributed by atoms with Crippen molar-refractivity contribution in [2.75, 3.05) is 27.2 Å². The monoisotopic (exact) mass is 283 g/mol. The number of carboxylic acids is 1. The molecule has 0 aromatic heterocycles. The molecule has 0 spiro atoms. The zero-order valence-corrected chi connectivity index (χ0v) is 12.6. The molecule has 1 saturated carbocycles. The van der Waals surface area contributed by atoms with Crippen molar-refractivity contribution in [3.63, 3.8) is 0 Å². The summed E-state index contributed by atoms with van der Waals surface area (Å²) in [6.45, 7) is 3.52. The fourth-order valence-electron chi connectivity index (χ4n) is 2.92. The van der Waals surface area contributed by atoms with Crippen molar-refractivity contribution in [3.8, 4) is 0 Å². The van der Waals surface area contributed by atoms with E-state index in [1.165, 1.54) is 0 Å². The maximum atomic E-state index is 12.3. The molecule has 0 radical (unpaired) electrons. The van der Waals surface area contributed by atoms with E-state index >= 15 is 0 Å². The molecule has 1 heterocycles. The van der Waals surface area contributed by atoms with Crippen LogP contribution in [-0.2, 0) is 4.79 Å². The fraction of sp³-hybridized carbons (Fsp3) is 0.857.